The normalized spacial score (nSPS) is 11.4. The van der Waals surface area contributed by atoms with E-state index in [1.54, 1.807) is 38.1 Å². The molecular formula is C14H13ClN2O3. The summed E-state index contributed by atoms with van der Waals surface area (Å²) in [7, 11) is 0. The fourth-order valence-electron chi connectivity index (χ4n) is 1.66. The van der Waals surface area contributed by atoms with Crippen LogP contribution in [0.4, 0.5) is 5.69 Å². The van der Waals surface area contributed by atoms with Gasteiger partial charge in [0.2, 0.25) is 0 Å². The Hall–Kier alpha value is -2.27. The van der Waals surface area contributed by atoms with Gasteiger partial charge in [0.15, 0.2) is 0 Å². The fraction of sp³-hybridized carbons (Fsp3) is 0.143. The maximum Gasteiger partial charge on any atom is 0.348 e. The minimum Gasteiger partial charge on any atom is -0.507 e. The number of hydrazone groups is 1. The van der Waals surface area contributed by atoms with E-state index in [2.05, 4.69) is 10.5 Å². The second-order valence-corrected chi connectivity index (χ2v) is 4.66. The molecule has 0 spiro atoms. The van der Waals surface area contributed by atoms with Crippen LogP contribution in [0.2, 0.25) is 5.02 Å². The van der Waals surface area contributed by atoms with Crippen molar-refractivity contribution in [1.82, 2.24) is 0 Å². The van der Waals surface area contributed by atoms with E-state index < -0.39 is 5.63 Å². The Labute approximate surface area is 120 Å². The van der Waals surface area contributed by atoms with Crippen LogP contribution in [0, 0.1) is 6.92 Å². The molecule has 0 saturated carbocycles. The number of hydrogen-bond acceptors (Lipinski definition) is 5. The van der Waals surface area contributed by atoms with Crippen LogP contribution in [-0.2, 0) is 0 Å². The summed E-state index contributed by atoms with van der Waals surface area (Å²) in [4.78, 5) is 11.7. The Balaban J connectivity index is 2.27. The second kappa shape index (κ2) is 5.79. The summed E-state index contributed by atoms with van der Waals surface area (Å²) < 4.78 is 4.94. The summed E-state index contributed by atoms with van der Waals surface area (Å²) in [5, 5.41) is 14.5. The van der Waals surface area contributed by atoms with Crippen molar-refractivity contribution >= 4 is 23.0 Å². The average molecular weight is 293 g/mol. The van der Waals surface area contributed by atoms with E-state index in [-0.39, 0.29) is 11.3 Å². The van der Waals surface area contributed by atoms with E-state index in [0.29, 0.717) is 22.2 Å². The van der Waals surface area contributed by atoms with Crippen molar-refractivity contribution in [3.05, 3.63) is 57.1 Å². The quantitative estimate of drug-likeness (QED) is 0.673. The van der Waals surface area contributed by atoms with Crippen LogP contribution in [0.25, 0.3) is 0 Å². The third kappa shape index (κ3) is 3.19. The van der Waals surface area contributed by atoms with Gasteiger partial charge in [-0.05, 0) is 38.1 Å². The lowest BCUT2D eigenvalue weighted by Gasteiger charge is -2.05. The molecule has 104 valence electrons. The number of halogens is 1. The van der Waals surface area contributed by atoms with Gasteiger partial charge in [-0.1, -0.05) is 11.6 Å². The maximum absolute atomic E-state index is 11.7. The molecule has 0 atom stereocenters. The molecule has 1 aromatic heterocycles. The first-order valence-corrected chi connectivity index (χ1v) is 6.25. The largest absolute Gasteiger partial charge is 0.507 e. The molecule has 1 heterocycles. The van der Waals surface area contributed by atoms with Gasteiger partial charge in [0.05, 0.1) is 11.4 Å². The number of nitrogens with zero attached hydrogens (tertiary/aromatic N) is 1. The second-order valence-electron chi connectivity index (χ2n) is 4.22. The first-order chi connectivity index (χ1) is 9.47. The Morgan fingerprint density at radius 1 is 1.35 bits per heavy atom. The lowest BCUT2D eigenvalue weighted by atomic mass is 10.2. The molecule has 1 aromatic carbocycles. The minimum absolute atomic E-state index is 0.0389. The van der Waals surface area contributed by atoms with E-state index in [9.17, 15) is 9.90 Å². The van der Waals surface area contributed by atoms with Gasteiger partial charge in [0, 0.05) is 11.1 Å². The molecule has 2 N–H and O–H groups in total. The SMILES string of the molecule is CC(=NNc1ccc(Cl)cc1)c1c(O)cc(C)oc1=O. The van der Waals surface area contributed by atoms with E-state index in [0.717, 1.165) is 0 Å². The molecule has 5 nitrogen and oxygen atoms in total. The van der Waals surface area contributed by atoms with Gasteiger partial charge in [0.25, 0.3) is 0 Å². The molecule has 0 aliphatic carbocycles. The summed E-state index contributed by atoms with van der Waals surface area (Å²) in [6, 6.07) is 8.30. The number of aryl methyl sites for hydroxylation is 1. The number of anilines is 1. The van der Waals surface area contributed by atoms with Crippen LogP contribution in [0.15, 0.2) is 44.6 Å². The van der Waals surface area contributed by atoms with E-state index >= 15 is 0 Å². The van der Waals surface area contributed by atoms with Gasteiger partial charge in [-0.3, -0.25) is 5.43 Å². The van der Waals surface area contributed by atoms with Gasteiger partial charge >= 0.3 is 5.63 Å². The van der Waals surface area contributed by atoms with Crippen molar-refractivity contribution in [2.75, 3.05) is 5.43 Å². The summed E-state index contributed by atoms with van der Waals surface area (Å²) in [6.45, 7) is 3.19. The number of rotatable bonds is 3. The van der Waals surface area contributed by atoms with Gasteiger partial charge in [0.1, 0.15) is 17.1 Å². The highest BCUT2D eigenvalue weighted by Gasteiger charge is 2.12. The first-order valence-electron chi connectivity index (χ1n) is 5.87. The van der Waals surface area contributed by atoms with E-state index in [1.807, 2.05) is 0 Å². The number of aromatic hydroxyl groups is 1. The zero-order chi connectivity index (χ0) is 14.7. The van der Waals surface area contributed by atoms with Crippen LogP contribution in [0.3, 0.4) is 0 Å². The maximum atomic E-state index is 11.7. The molecule has 0 aliphatic rings. The van der Waals surface area contributed by atoms with Crippen LogP contribution < -0.4 is 11.1 Å². The number of hydrogen-bond donors (Lipinski definition) is 2. The summed E-state index contributed by atoms with van der Waals surface area (Å²) >= 11 is 5.78. The van der Waals surface area contributed by atoms with Crippen molar-refractivity contribution in [3.8, 4) is 5.75 Å². The number of benzene rings is 1. The molecule has 0 radical (unpaired) electrons. The lowest BCUT2D eigenvalue weighted by Crippen LogP contribution is -2.14. The fourth-order valence-corrected chi connectivity index (χ4v) is 1.78. The molecule has 0 fully saturated rings. The smallest absolute Gasteiger partial charge is 0.348 e. The standard InChI is InChI=1S/C14H13ClN2O3/c1-8-7-12(18)13(14(19)20-8)9(2)16-17-11-5-3-10(15)4-6-11/h3-7,17-18H,1-2H3. The van der Waals surface area contributed by atoms with Crippen LogP contribution in [-0.4, -0.2) is 10.8 Å². The minimum atomic E-state index is -0.623. The van der Waals surface area contributed by atoms with Crippen molar-refractivity contribution < 1.29 is 9.52 Å². The van der Waals surface area contributed by atoms with Crippen molar-refractivity contribution in [1.29, 1.82) is 0 Å². The Kier molecular flexibility index (Phi) is 4.10. The third-order valence-electron chi connectivity index (χ3n) is 2.61. The molecule has 0 amide bonds. The summed E-state index contributed by atoms with van der Waals surface area (Å²) in [5.74, 6) is 0.188. The molecule has 0 bridgehead atoms. The van der Waals surface area contributed by atoms with Gasteiger partial charge in [-0.25, -0.2) is 4.79 Å². The molecule has 0 aliphatic heterocycles. The van der Waals surface area contributed by atoms with E-state index in [4.69, 9.17) is 16.0 Å². The topological polar surface area (TPSA) is 74.8 Å². The Bertz CT molecular complexity index is 705. The van der Waals surface area contributed by atoms with Crippen LogP contribution >= 0.6 is 11.6 Å². The lowest BCUT2D eigenvalue weighted by molar-refractivity contribution is 0.432. The predicted octanol–water partition coefficient (Wildman–Crippen LogP) is 3.14. The van der Waals surface area contributed by atoms with Gasteiger partial charge in [-0.2, -0.15) is 5.10 Å². The number of nitrogens with one attached hydrogen (secondary N) is 1. The molecule has 6 heteroatoms. The van der Waals surface area contributed by atoms with Crippen molar-refractivity contribution in [2.45, 2.75) is 13.8 Å². The van der Waals surface area contributed by atoms with Crippen molar-refractivity contribution in [3.63, 3.8) is 0 Å². The van der Waals surface area contributed by atoms with Crippen LogP contribution in [0.5, 0.6) is 5.75 Å². The highest BCUT2D eigenvalue weighted by molar-refractivity contribution is 6.30. The van der Waals surface area contributed by atoms with Gasteiger partial charge in [-0.15, -0.1) is 0 Å². The molecule has 0 saturated heterocycles. The monoisotopic (exact) mass is 292 g/mol. The van der Waals surface area contributed by atoms with Gasteiger partial charge < -0.3 is 9.52 Å². The molecule has 2 aromatic rings. The highest BCUT2D eigenvalue weighted by Crippen LogP contribution is 2.16. The highest BCUT2D eigenvalue weighted by atomic mass is 35.5. The molecule has 0 unspecified atom stereocenters. The average Bonchev–Trinajstić information content (AvgIpc) is 2.37. The Morgan fingerprint density at radius 3 is 2.60 bits per heavy atom. The van der Waals surface area contributed by atoms with E-state index in [1.165, 1.54) is 6.07 Å². The molecule has 2 rings (SSSR count). The molecular weight excluding hydrogens is 280 g/mol. The predicted molar refractivity (Wildman–Crippen MR) is 78.7 cm³/mol. The Morgan fingerprint density at radius 2 is 2.00 bits per heavy atom. The van der Waals surface area contributed by atoms with Crippen LogP contribution in [0.1, 0.15) is 18.2 Å². The first kappa shape index (κ1) is 14.1. The zero-order valence-corrected chi connectivity index (χ0v) is 11.7. The zero-order valence-electron chi connectivity index (χ0n) is 11.0. The van der Waals surface area contributed by atoms with Crippen molar-refractivity contribution in [2.24, 2.45) is 5.10 Å². The molecule has 20 heavy (non-hydrogen) atoms. The summed E-state index contributed by atoms with van der Waals surface area (Å²) in [5.41, 5.74) is 3.23. The third-order valence-corrected chi connectivity index (χ3v) is 2.86. The summed E-state index contributed by atoms with van der Waals surface area (Å²) in [6.07, 6.45) is 0.